The van der Waals surface area contributed by atoms with Crippen LogP contribution in [-0.2, 0) is 0 Å². The minimum atomic E-state index is -0.799. The molecule has 1 fully saturated rings. The number of hydrogen-bond donors (Lipinski definition) is 2. The largest absolute Gasteiger partial charge is 0.493 e. The third kappa shape index (κ3) is 4.50. The van der Waals surface area contributed by atoms with Crippen LogP contribution in [0.1, 0.15) is 35.2 Å². The van der Waals surface area contributed by atoms with Crippen molar-refractivity contribution in [2.24, 2.45) is 4.99 Å². The summed E-state index contributed by atoms with van der Waals surface area (Å²) in [4.78, 5) is 45.3. The van der Waals surface area contributed by atoms with Crippen molar-refractivity contribution in [2.45, 2.75) is 19.3 Å². The van der Waals surface area contributed by atoms with E-state index in [-0.39, 0.29) is 11.5 Å². The minimum Gasteiger partial charge on any atom is -0.493 e. The van der Waals surface area contributed by atoms with Crippen LogP contribution in [0.5, 0.6) is 5.88 Å². The summed E-state index contributed by atoms with van der Waals surface area (Å²) in [5.74, 6) is -0.565. The smallest absolute Gasteiger partial charge is 0.335 e. The van der Waals surface area contributed by atoms with Gasteiger partial charge in [0, 0.05) is 29.9 Å². The van der Waals surface area contributed by atoms with Crippen molar-refractivity contribution in [2.75, 3.05) is 13.1 Å². The number of nitrogens with zero attached hydrogens (tertiary/aromatic N) is 3. The molecule has 0 unspecified atom stereocenters. The highest BCUT2D eigenvalue weighted by Crippen LogP contribution is 2.20. The standard InChI is InChI=1S/C23H21ClN4O4/c24-16-5-4-6-18(13-16)28-22(31)19(20(29)26-23(28)32)14-25-17-9-7-15(8-10-17)21(30)27-11-2-1-3-12-27/h4-10,13-14,31H,1-3,11-12H2,(H,26,29,32). The van der Waals surface area contributed by atoms with E-state index in [0.717, 1.165) is 36.9 Å². The van der Waals surface area contributed by atoms with Gasteiger partial charge in [-0.25, -0.2) is 9.36 Å². The lowest BCUT2D eigenvalue weighted by atomic mass is 10.1. The first-order valence-electron chi connectivity index (χ1n) is 10.2. The van der Waals surface area contributed by atoms with Crippen molar-refractivity contribution in [3.05, 3.63) is 85.5 Å². The van der Waals surface area contributed by atoms with E-state index in [1.807, 2.05) is 4.90 Å². The second-order valence-electron chi connectivity index (χ2n) is 7.47. The normalized spacial score (nSPS) is 14.1. The lowest BCUT2D eigenvalue weighted by Gasteiger charge is -2.26. The number of likely N-dealkylation sites (tertiary alicyclic amines) is 1. The molecule has 9 heteroatoms. The van der Waals surface area contributed by atoms with Gasteiger partial charge in [-0.1, -0.05) is 17.7 Å². The lowest BCUT2D eigenvalue weighted by Crippen LogP contribution is -2.35. The molecule has 2 N–H and O–H groups in total. The summed E-state index contributed by atoms with van der Waals surface area (Å²) in [6.45, 7) is 1.53. The number of aromatic hydroxyl groups is 1. The number of carbonyl (C=O) groups excluding carboxylic acids is 1. The van der Waals surface area contributed by atoms with Crippen LogP contribution in [0.25, 0.3) is 5.69 Å². The zero-order valence-electron chi connectivity index (χ0n) is 17.1. The first-order chi connectivity index (χ1) is 15.4. The third-order valence-corrected chi connectivity index (χ3v) is 5.52. The molecular formula is C23H21ClN4O4. The van der Waals surface area contributed by atoms with Crippen LogP contribution < -0.4 is 11.2 Å². The number of aliphatic imine (C=N–C) groups is 1. The number of halogens is 1. The molecule has 0 aliphatic carbocycles. The lowest BCUT2D eigenvalue weighted by molar-refractivity contribution is 0.0724. The van der Waals surface area contributed by atoms with Crippen LogP contribution in [-0.4, -0.2) is 44.8 Å². The summed E-state index contributed by atoms with van der Waals surface area (Å²) in [6.07, 6.45) is 4.36. The molecule has 3 aromatic rings. The minimum absolute atomic E-state index is 0.0112. The van der Waals surface area contributed by atoms with Gasteiger partial charge >= 0.3 is 5.69 Å². The number of benzene rings is 2. The molecule has 0 saturated carbocycles. The number of rotatable bonds is 4. The van der Waals surface area contributed by atoms with Crippen molar-refractivity contribution in [3.8, 4) is 11.6 Å². The second kappa shape index (κ2) is 9.23. The molecule has 0 radical (unpaired) electrons. The summed E-state index contributed by atoms with van der Waals surface area (Å²) in [7, 11) is 0. The highest BCUT2D eigenvalue weighted by Gasteiger charge is 2.18. The second-order valence-corrected chi connectivity index (χ2v) is 7.91. The van der Waals surface area contributed by atoms with Gasteiger partial charge in [0.1, 0.15) is 5.56 Å². The molecule has 8 nitrogen and oxygen atoms in total. The van der Waals surface area contributed by atoms with Gasteiger partial charge < -0.3 is 10.0 Å². The number of piperidine rings is 1. The molecule has 164 valence electrons. The number of amides is 1. The maximum Gasteiger partial charge on any atom is 0.335 e. The van der Waals surface area contributed by atoms with Crippen molar-refractivity contribution in [1.29, 1.82) is 0 Å². The van der Waals surface area contributed by atoms with Crippen molar-refractivity contribution in [3.63, 3.8) is 0 Å². The average Bonchev–Trinajstić information content (AvgIpc) is 2.79. The van der Waals surface area contributed by atoms with Gasteiger partial charge in [0.25, 0.3) is 11.5 Å². The van der Waals surface area contributed by atoms with Crippen LogP contribution >= 0.6 is 11.6 Å². The molecule has 1 saturated heterocycles. The van der Waals surface area contributed by atoms with Crippen LogP contribution in [0.3, 0.4) is 0 Å². The number of aromatic nitrogens is 2. The molecule has 2 aromatic carbocycles. The molecule has 1 aromatic heterocycles. The van der Waals surface area contributed by atoms with Crippen LogP contribution in [0.2, 0.25) is 5.02 Å². The van der Waals surface area contributed by atoms with E-state index in [2.05, 4.69) is 9.98 Å². The zero-order chi connectivity index (χ0) is 22.7. The van der Waals surface area contributed by atoms with E-state index in [9.17, 15) is 19.5 Å². The fraction of sp³-hybridized carbons (Fsp3) is 0.217. The van der Waals surface area contributed by atoms with Gasteiger partial charge in [0.15, 0.2) is 0 Å². The Morgan fingerprint density at radius 3 is 2.47 bits per heavy atom. The Hall–Kier alpha value is -3.65. The van der Waals surface area contributed by atoms with Gasteiger partial charge in [-0.15, -0.1) is 0 Å². The Labute approximate surface area is 188 Å². The van der Waals surface area contributed by atoms with Gasteiger partial charge in [0.2, 0.25) is 5.88 Å². The zero-order valence-corrected chi connectivity index (χ0v) is 17.9. The third-order valence-electron chi connectivity index (χ3n) is 5.29. The SMILES string of the molecule is O=C(c1ccc(N=Cc2c(O)n(-c3cccc(Cl)c3)c(=O)[nH]c2=O)cc1)N1CCCCC1. The highest BCUT2D eigenvalue weighted by molar-refractivity contribution is 6.30. The molecule has 1 aliphatic rings. The Morgan fingerprint density at radius 1 is 1.06 bits per heavy atom. The molecule has 4 rings (SSSR count). The molecule has 32 heavy (non-hydrogen) atoms. The van der Waals surface area contributed by atoms with E-state index in [1.165, 1.54) is 12.3 Å². The maximum absolute atomic E-state index is 12.6. The summed E-state index contributed by atoms with van der Waals surface area (Å²) < 4.78 is 0.940. The van der Waals surface area contributed by atoms with Crippen molar-refractivity contribution >= 4 is 29.4 Å². The fourth-order valence-electron chi connectivity index (χ4n) is 3.62. The number of nitrogens with one attached hydrogen (secondary N) is 1. The molecule has 1 aliphatic heterocycles. The quantitative estimate of drug-likeness (QED) is 0.592. The molecule has 0 bridgehead atoms. The van der Waals surface area contributed by atoms with E-state index >= 15 is 0 Å². The summed E-state index contributed by atoms with van der Waals surface area (Å²) in [5, 5.41) is 11.0. The van der Waals surface area contributed by atoms with E-state index < -0.39 is 17.1 Å². The first kappa shape index (κ1) is 21.6. The molecule has 0 spiro atoms. The van der Waals surface area contributed by atoms with Crippen LogP contribution in [0.4, 0.5) is 5.69 Å². The summed E-state index contributed by atoms with van der Waals surface area (Å²) in [6, 6.07) is 13.0. The average molecular weight is 453 g/mol. The van der Waals surface area contributed by atoms with Gasteiger partial charge in [-0.05, 0) is 61.7 Å². The topological polar surface area (TPSA) is 108 Å². The fourth-order valence-corrected chi connectivity index (χ4v) is 3.80. The van der Waals surface area contributed by atoms with Gasteiger partial charge in [-0.3, -0.25) is 19.6 Å². The molecule has 1 amide bonds. The number of aromatic amines is 1. The molecule has 2 heterocycles. The van der Waals surface area contributed by atoms with Crippen LogP contribution in [0, 0.1) is 0 Å². The van der Waals surface area contributed by atoms with Gasteiger partial charge in [0.05, 0.1) is 11.4 Å². The molecule has 0 atom stereocenters. The Balaban J connectivity index is 1.61. The van der Waals surface area contributed by atoms with Crippen molar-refractivity contribution < 1.29 is 9.90 Å². The van der Waals surface area contributed by atoms with Crippen molar-refractivity contribution in [1.82, 2.24) is 14.5 Å². The Kier molecular flexibility index (Phi) is 6.23. The summed E-state index contributed by atoms with van der Waals surface area (Å²) >= 11 is 5.97. The predicted molar refractivity (Wildman–Crippen MR) is 123 cm³/mol. The summed E-state index contributed by atoms with van der Waals surface area (Å²) in [5.41, 5.74) is -0.399. The first-order valence-corrected chi connectivity index (χ1v) is 10.6. The predicted octanol–water partition coefficient (Wildman–Crippen LogP) is 3.26. The monoisotopic (exact) mass is 452 g/mol. The van der Waals surface area contributed by atoms with E-state index in [0.29, 0.717) is 22.0 Å². The van der Waals surface area contributed by atoms with Crippen LogP contribution in [0.15, 0.2) is 63.1 Å². The Bertz CT molecular complexity index is 1290. The highest BCUT2D eigenvalue weighted by atomic mass is 35.5. The van der Waals surface area contributed by atoms with Gasteiger partial charge in [-0.2, -0.15) is 0 Å². The Morgan fingerprint density at radius 2 is 1.78 bits per heavy atom. The maximum atomic E-state index is 12.6. The van der Waals surface area contributed by atoms with E-state index in [1.54, 1.807) is 42.5 Å². The number of carbonyl (C=O) groups is 1. The number of hydrogen-bond acceptors (Lipinski definition) is 5. The van der Waals surface area contributed by atoms with E-state index in [4.69, 9.17) is 11.6 Å². The number of H-pyrrole nitrogens is 1. The molecular weight excluding hydrogens is 432 g/mol.